The molecule has 2 unspecified atom stereocenters. The van der Waals surface area contributed by atoms with Crippen molar-refractivity contribution in [2.45, 2.75) is 51.5 Å². The average Bonchev–Trinajstić information content (AvgIpc) is 2.73. The Labute approximate surface area is 196 Å². The summed E-state index contributed by atoms with van der Waals surface area (Å²) in [5.74, 6) is 0.614. The lowest BCUT2D eigenvalue weighted by molar-refractivity contribution is 0.274. The number of piperidine rings is 1. The van der Waals surface area contributed by atoms with E-state index in [4.69, 9.17) is 9.20 Å². The third kappa shape index (κ3) is 4.93. The van der Waals surface area contributed by atoms with Gasteiger partial charge in [0.1, 0.15) is 5.58 Å². The second kappa shape index (κ2) is 8.52. The van der Waals surface area contributed by atoms with Crippen molar-refractivity contribution in [3.63, 3.8) is 0 Å². The zero-order chi connectivity index (χ0) is 24.0. The van der Waals surface area contributed by atoms with Crippen LogP contribution in [-0.2, 0) is 9.73 Å². The van der Waals surface area contributed by atoms with Crippen molar-refractivity contribution in [2.75, 3.05) is 29.6 Å². The van der Waals surface area contributed by atoms with Crippen LogP contribution < -0.4 is 15.6 Å². The molecule has 6 nitrogen and oxygen atoms in total. The summed E-state index contributed by atoms with van der Waals surface area (Å²) in [6.45, 7) is 10.2. The van der Waals surface area contributed by atoms with E-state index in [0.717, 1.165) is 37.1 Å². The molecule has 1 aliphatic heterocycles. The SMILES string of the molecule is Cc1cc(C(C)Nc2ccccc2S(C)(=N)=O)c2oc(N3CCC(C)(C)CC3)cc(=O)c2c1. The molecule has 1 aliphatic rings. The van der Waals surface area contributed by atoms with Gasteiger partial charge in [-0.3, -0.25) is 4.79 Å². The summed E-state index contributed by atoms with van der Waals surface area (Å²) in [6.07, 6.45) is 3.52. The van der Waals surface area contributed by atoms with Crippen molar-refractivity contribution >= 4 is 32.3 Å². The predicted octanol–water partition coefficient (Wildman–Crippen LogP) is 5.94. The number of rotatable bonds is 5. The van der Waals surface area contributed by atoms with Crippen LogP contribution in [0.15, 0.2) is 56.6 Å². The number of benzene rings is 2. The minimum absolute atomic E-state index is 0.0450. The molecule has 4 rings (SSSR count). The van der Waals surface area contributed by atoms with Crippen LogP contribution in [0.25, 0.3) is 11.0 Å². The quantitative estimate of drug-likeness (QED) is 0.485. The number of hydrogen-bond acceptors (Lipinski definition) is 6. The second-order valence-corrected chi connectivity index (χ2v) is 12.2. The van der Waals surface area contributed by atoms with Crippen LogP contribution >= 0.6 is 0 Å². The van der Waals surface area contributed by atoms with E-state index in [9.17, 15) is 9.00 Å². The van der Waals surface area contributed by atoms with Gasteiger partial charge in [-0.05, 0) is 55.9 Å². The minimum atomic E-state index is -2.89. The van der Waals surface area contributed by atoms with Crippen molar-refractivity contribution in [3.8, 4) is 0 Å². The van der Waals surface area contributed by atoms with Crippen LogP contribution in [0.3, 0.4) is 0 Å². The van der Waals surface area contributed by atoms with Gasteiger partial charge in [0.25, 0.3) is 0 Å². The van der Waals surface area contributed by atoms with E-state index in [-0.39, 0.29) is 11.5 Å². The molecule has 1 aromatic heterocycles. The summed E-state index contributed by atoms with van der Waals surface area (Å²) >= 11 is 0. The number of para-hydroxylation sites is 1. The number of hydrogen-bond donors (Lipinski definition) is 2. The summed E-state index contributed by atoms with van der Waals surface area (Å²) in [7, 11) is -2.89. The summed E-state index contributed by atoms with van der Waals surface area (Å²) in [5.41, 5.74) is 3.32. The average molecular weight is 468 g/mol. The van der Waals surface area contributed by atoms with Crippen molar-refractivity contribution in [1.29, 1.82) is 4.78 Å². The Morgan fingerprint density at radius 3 is 2.48 bits per heavy atom. The van der Waals surface area contributed by atoms with Gasteiger partial charge in [-0.1, -0.05) is 32.0 Å². The van der Waals surface area contributed by atoms with Crippen LogP contribution in [0.2, 0.25) is 0 Å². The first-order valence-corrected chi connectivity index (χ1v) is 13.3. The number of anilines is 2. The van der Waals surface area contributed by atoms with Gasteiger partial charge >= 0.3 is 0 Å². The Morgan fingerprint density at radius 2 is 1.82 bits per heavy atom. The molecular formula is C26H33N3O3S. The molecule has 2 atom stereocenters. The Bertz CT molecular complexity index is 1350. The zero-order valence-electron chi connectivity index (χ0n) is 20.0. The van der Waals surface area contributed by atoms with E-state index in [1.165, 1.54) is 6.26 Å². The number of nitrogens with one attached hydrogen (secondary N) is 2. The van der Waals surface area contributed by atoms with Gasteiger partial charge in [0.05, 0.1) is 31.7 Å². The maximum atomic E-state index is 13.1. The van der Waals surface area contributed by atoms with E-state index in [1.807, 2.05) is 38.1 Å². The Morgan fingerprint density at radius 1 is 1.15 bits per heavy atom. The van der Waals surface area contributed by atoms with Gasteiger partial charge in [-0.2, -0.15) is 0 Å². The van der Waals surface area contributed by atoms with Crippen LogP contribution in [0, 0.1) is 17.1 Å². The van der Waals surface area contributed by atoms with Crippen molar-refractivity contribution in [1.82, 2.24) is 0 Å². The molecule has 0 saturated carbocycles. The van der Waals surface area contributed by atoms with Crippen LogP contribution in [-0.4, -0.2) is 23.6 Å². The van der Waals surface area contributed by atoms with Crippen molar-refractivity contribution in [3.05, 3.63) is 63.8 Å². The predicted molar refractivity (Wildman–Crippen MR) is 136 cm³/mol. The summed E-state index contributed by atoms with van der Waals surface area (Å²) in [5, 5.41) is 3.97. The lowest BCUT2D eigenvalue weighted by atomic mass is 9.83. The third-order valence-electron chi connectivity index (χ3n) is 6.56. The van der Waals surface area contributed by atoms with E-state index in [2.05, 4.69) is 24.1 Å². The van der Waals surface area contributed by atoms with Gasteiger partial charge in [0.2, 0.25) is 0 Å². The monoisotopic (exact) mass is 467 g/mol. The summed E-state index contributed by atoms with van der Waals surface area (Å²) < 4.78 is 26.9. The normalized spacial score (nSPS) is 18.6. The highest BCUT2D eigenvalue weighted by Gasteiger charge is 2.27. The summed E-state index contributed by atoms with van der Waals surface area (Å²) in [6, 6.07) is 12.5. The largest absolute Gasteiger partial charge is 0.440 e. The second-order valence-electron chi connectivity index (χ2n) is 10.0. The smallest absolute Gasteiger partial charge is 0.200 e. The minimum Gasteiger partial charge on any atom is -0.440 e. The van der Waals surface area contributed by atoms with Gasteiger partial charge < -0.3 is 14.6 Å². The molecule has 0 amide bonds. The van der Waals surface area contributed by atoms with E-state index >= 15 is 0 Å². The van der Waals surface area contributed by atoms with Crippen molar-refractivity contribution < 1.29 is 8.63 Å². The fourth-order valence-corrected chi connectivity index (χ4v) is 5.35. The van der Waals surface area contributed by atoms with Crippen LogP contribution in [0.1, 0.15) is 50.8 Å². The van der Waals surface area contributed by atoms with Gasteiger partial charge in [0, 0.05) is 31.0 Å². The molecule has 1 saturated heterocycles. The molecule has 2 heterocycles. The van der Waals surface area contributed by atoms with Gasteiger partial charge in [-0.15, -0.1) is 0 Å². The molecule has 0 radical (unpaired) electrons. The molecule has 0 aliphatic carbocycles. The van der Waals surface area contributed by atoms with E-state index < -0.39 is 9.73 Å². The number of nitrogens with zero attached hydrogens (tertiary/aromatic N) is 1. The molecule has 2 aromatic carbocycles. The van der Waals surface area contributed by atoms with E-state index in [0.29, 0.717) is 32.9 Å². The highest BCUT2D eigenvalue weighted by Crippen LogP contribution is 2.35. The molecule has 0 spiro atoms. The summed E-state index contributed by atoms with van der Waals surface area (Å²) in [4.78, 5) is 15.7. The molecule has 2 N–H and O–H groups in total. The first-order valence-electron chi connectivity index (χ1n) is 11.4. The van der Waals surface area contributed by atoms with Crippen molar-refractivity contribution in [2.24, 2.45) is 5.41 Å². The first kappa shape index (κ1) is 23.4. The number of fused-ring (bicyclic) bond motifs is 1. The van der Waals surface area contributed by atoms with Crippen LogP contribution in [0.5, 0.6) is 0 Å². The van der Waals surface area contributed by atoms with Gasteiger partial charge in [-0.25, -0.2) is 8.99 Å². The molecular weight excluding hydrogens is 434 g/mol. The molecule has 1 fully saturated rings. The molecule has 176 valence electrons. The molecule has 3 aromatic rings. The maximum absolute atomic E-state index is 13.1. The highest BCUT2D eigenvalue weighted by molar-refractivity contribution is 7.91. The topological polar surface area (TPSA) is 86.4 Å². The molecule has 7 heteroatoms. The Balaban J connectivity index is 1.76. The van der Waals surface area contributed by atoms with Gasteiger partial charge in [0.15, 0.2) is 11.3 Å². The number of aryl methyl sites for hydroxylation is 1. The highest BCUT2D eigenvalue weighted by atomic mass is 32.2. The van der Waals surface area contributed by atoms with E-state index in [1.54, 1.807) is 18.2 Å². The first-order chi connectivity index (χ1) is 15.4. The lowest BCUT2D eigenvalue weighted by Gasteiger charge is -2.37. The zero-order valence-corrected chi connectivity index (χ0v) is 20.8. The fraction of sp³-hybridized carbons (Fsp3) is 0.423. The maximum Gasteiger partial charge on any atom is 0.200 e. The van der Waals surface area contributed by atoms with Crippen LogP contribution in [0.4, 0.5) is 11.6 Å². The lowest BCUT2D eigenvalue weighted by Crippen LogP contribution is -2.37. The molecule has 33 heavy (non-hydrogen) atoms. The standard InChI is InChI=1S/C26H33N3O3S/c1-17-14-19(18(2)28-21-8-6-7-9-23(21)33(5,27)31)25-20(15-17)22(30)16-24(32-25)29-12-10-26(3,4)11-13-29/h6-9,14-16,18,27-28H,10-13H2,1-5H3. The Kier molecular flexibility index (Phi) is 6.03. The Hall–Kier alpha value is -2.80. The fourth-order valence-electron chi connectivity index (χ4n) is 4.47. The third-order valence-corrected chi connectivity index (χ3v) is 7.76. The molecule has 0 bridgehead atoms.